The second-order valence-corrected chi connectivity index (χ2v) is 5.16. The zero-order valence-electron chi connectivity index (χ0n) is 11.0. The Kier molecular flexibility index (Phi) is 6.68. The molecule has 8 heteroatoms. The second kappa shape index (κ2) is 7.13. The van der Waals surface area contributed by atoms with Crippen molar-refractivity contribution in [2.45, 2.75) is 19.8 Å². The number of rotatable bonds is 2. The van der Waals surface area contributed by atoms with Gasteiger partial charge in [-0.15, -0.1) is 0 Å². The molecule has 2 nitrogen and oxygen atoms in total. The van der Waals surface area contributed by atoms with Gasteiger partial charge in [-0.1, -0.05) is 30.1 Å². The molecule has 0 spiro atoms. The summed E-state index contributed by atoms with van der Waals surface area (Å²) in [5, 5.41) is -0.264. The Hall–Kier alpha value is 0.731. The van der Waals surface area contributed by atoms with Crippen LogP contribution in [0.4, 0.5) is 18.8 Å². The fourth-order valence-corrected chi connectivity index (χ4v) is 2.50. The maximum absolute atomic E-state index is 12.8. The molecule has 0 aromatic carbocycles. The maximum atomic E-state index is 12.8. The molecule has 2 rings (SSSR count). The van der Waals surface area contributed by atoms with E-state index in [1.165, 1.54) is 6.20 Å². The number of halogens is 4. The van der Waals surface area contributed by atoms with Crippen LogP contribution in [0.15, 0.2) is 12.3 Å². The minimum atomic E-state index is -5.09. The van der Waals surface area contributed by atoms with Crippen molar-refractivity contribution in [3.8, 4) is 0 Å². The van der Waals surface area contributed by atoms with Gasteiger partial charge < -0.3 is 17.8 Å². The van der Waals surface area contributed by atoms with Crippen LogP contribution < -0.4 is 61.7 Å². The van der Waals surface area contributed by atoms with E-state index >= 15 is 0 Å². The number of aromatic nitrogens is 1. The van der Waals surface area contributed by atoms with Gasteiger partial charge in [0.05, 0.1) is 5.02 Å². The first kappa shape index (κ1) is 17.8. The van der Waals surface area contributed by atoms with Crippen LogP contribution in [-0.4, -0.2) is 25.1 Å². The van der Waals surface area contributed by atoms with Gasteiger partial charge in [-0.25, -0.2) is 4.98 Å². The topological polar surface area (TPSA) is 16.1 Å². The van der Waals surface area contributed by atoms with E-state index in [2.05, 4.69) is 11.9 Å². The maximum Gasteiger partial charge on any atom is 1.00 e. The molecule has 0 aliphatic carbocycles. The quantitative estimate of drug-likeness (QED) is 0.716. The summed E-state index contributed by atoms with van der Waals surface area (Å²) in [5.74, 6) is 0.871. The Morgan fingerprint density at radius 1 is 1.32 bits per heavy atom. The monoisotopic (exact) mass is 316 g/mol. The first-order chi connectivity index (χ1) is 8.39. The number of anilines is 1. The Balaban J connectivity index is 0.00000180. The average molecular weight is 317 g/mol. The van der Waals surface area contributed by atoms with Crippen LogP contribution in [0.5, 0.6) is 0 Å². The van der Waals surface area contributed by atoms with E-state index in [1.807, 2.05) is 4.90 Å². The molecule has 1 aromatic heterocycles. The molecule has 100 valence electrons. The predicted octanol–water partition coefficient (Wildman–Crippen LogP) is 0.0297. The normalized spacial score (nSPS) is 17.2. The van der Waals surface area contributed by atoms with Gasteiger partial charge in [0.15, 0.2) is 0 Å². The standard InChI is InChI=1S/C11H14BClF3N2.K/c1-8-3-6-18(7-4-8)11-10(13)9(2-5-17-11)12(14,15)16;/h2,5,8H,3-4,6-7H2,1H3;/q-1;+1. The number of piperidine rings is 1. The predicted molar refractivity (Wildman–Crippen MR) is 68.6 cm³/mol. The van der Waals surface area contributed by atoms with Crippen molar-refractivity contribution in [1.29, 1.82) is 0 Å². The van der Waals surface area contributed by atoms with E-state index in [-0.39, 0.29) is 62.2 Å². The molecule has 0 N–H and O–H groups in total. The Labute approximate surface area is 158 Å². The zero-order valence-corrected chi connectivity index (χ0v) is 14.9. The molecule has 0 bridgehead atoms. The Morgan fingerprint density at radius 2 is 1.89 bits per heavy atom. The summed E-state index contributed by atoms with van der Waals surface area (Å²) in [6.07, 6.45) is 3.10. The molecule has 0 atom stereocenters. The molecule has 1 aliphatic heterocycles. The van der Waals surface area contributed by atoms with Crippen molar-refractivity contribution < 1.29 is 64.3 Å². The minimum absolute atomic E-state index is 0. The van der Waals surface area contributed by atoms with Gasteiger partial charge in [0.2, 0.25) is 0 Å². The van der Waals surface area contributed by atoms with Crippen LogP contribution in [0.2, 0.25) is 5.02 Å². The number of hydrogen-bond donors (Lipinski definition) is 0. The van der Waals surface area contributed by atoms with Crippen molar-refractivity contribution in [2.75, 3.05) is 18.0 Å². The van der Waals surface area contributed by atoms with Gasteiger partial charge in [-0.3, -0.25) is 0 Å². The van der Waals surface area contributed by atoms with Crippen LogP contribution in [0.3, 0.4) is 0 Å². The van der Waals surface area contributed by atoms with Gasteiger partial charge in [0.25, 0.3) is 0 Å². The third-order valence-electron chi connectivity index (χ3n) is 3.34. The van der Waals surface area contributed by atoms with E-state index in [0.717, 1.165) is 18.9 Å². The van der Waals surface area contributed by atoms with Crippen molar-refractivity contribution in [3.05, 3.63) is 17.3 Å². The molecular weight excluding hydrogens is 302 g/mol. The summed E-state index contributed by atoms with van der Waals surface area (Å²) in [6, 6.07) is 0.943. The SMILES string of the molecule is CC1CCN(c2nccc([B-](F)(F)F)c2Cl)CC1.[K+]. The van der Waals surface area contributed by atoms with Gasteiger partial charge >= 0.3 is 58.4 Å². The van der Waals surface area contributed by atoms with E-state index in [4.69, 9.17) is 11.6 Å². The summed E-state index contributed by atoms with van der Waals surface area (Å²) in [4.78, 5) is 5.85. The molecule has 1 saturated heterocycles. The molecule has 0 amide bonds. The molecule has 0 radical (unpaired) electrons. The van der Waals surface area contributed by atoms with Crippen LogP contribution in [0.1, 0.15) is 19.8 Å². The molecule has 0 saturated carbocycles. The molecule has 0 unspecified atom stereocenters. The van der Waals surface area contributed by atoms with Crippen molar-refractivity contribution in [1.82, 2.24) is 4.98 Å². The largest absolute Gasteiger partial charge is 1.00 e. The van der Waals surface area contributed by atoms with Crippen LogP contribution in [-0.2, 0) is 0 Å². The van der Waals surface area contributed by atoms with Crippen LogP contribution in [0, 0.1) is 5.92 Å². The summed E-state index contributed by atoms with van der Waals surface area (Å²) < 4.78 is 38.4. The third kappa shape index (κ3) is 4.35. The first-order valence-electron chi connectivity index (χ1n) is 5.99. The number of hydrogen-bond acceptors (Lipinski definition) is 2. The summed E-state index contributed by atoms with van der Waals surface area (Å²) in [6.45, 7) is -1.52. The minimum Gasteiger partial charge on any atom is -0.445 e. The van der Waals surface area contributed by atoms with Crippen molar-refractivity contribution in [2.24, 2.45) is 5.92 Å². The van der Waals surface area contributed by atoms with Crippen LogP contribution in [0.25, 0.3) is 0 Å². The Bertz CT molecular complexity index is 436. The molecular formula is C11H14BClF3KN2. The fourth-order valence-electron chi connectivity index (χ4n) is 2.14. The molecule has 19 heavy (non-hydrogen) atoms. The second-order valence-electron chi connectivity index (χ2n) is 4.78. The fraction of sp³-hybridized carbons (Fsp3) is 0.545. The Morgan fingerprint density at radius 3 is 2.42 bits per heavy atom. The first-order valence-corrected chi connectivity index (χ1v) is 6.36. The van der Waals surface area contributed by atoms with Crippen molar-refractivity contribution >= 4 is 29.9 Å². The molecule has 1 fully saturated rings. The molecule has 1 aliphatic rings. The summed E-state index contributed by atoms with van der Waals surface area (Å²) in [5.41, 5.74) is -0.750. The smallest absolute Gasteiger partial charge is 0.445 e. The summed E-state index contributed by atoms with van der Waals surface area (Å²) in [7, 11) is 0. The number of pyridine rings is 1. The van der Waals surface area contributed by atoms with Crippen molar-refractivity contribution in [3.63, 3.8) is 0 Å². The third-order valence-corrected chi connectivity index (χ3v) is 3.72. The van der Waals surface area contributed by atoms with Gasteiger partial charge in [-0.2, -0.15) is 0 Å². The average Bonchev–Trinajstić information content (AvgIpc) is 2.29. The van der Waals surface area contributed by atoms with Gasteiger partial charge in [-0.05, 0) is 18.8 Å². The van der Waals surface area contributed by atoms with E-state index in [0.29, 0.717) is 19.0 Å². The van der Waals surface area contributed by atoms with E-state index in [1.54, 1.807) is 0 Å². The summed E-state index contributed by atoms with van der Waals surface area (Å²) >= 11 is 5.85. The van der Waals surface area contributed by atoms with Gasteiger partial charge in [0, 0.05) is 19.3 Å². The molecule has 2 heterocycles. The van der Waals surface area contributed by atoms with E-state index in [9.17, 15) is 12.9 Å². The van der Waals surface area contributed by atoms with Crippen LogP contribution >= 0.6 is 11.6 Å². The van der Waals surface area contributed by atoms with Gasteiger partial charge in [0.1, 0.15) is 5.82 Å². The molecule has 1 aromatic rings. The number of nitrogens with zero attached hydrogens (tertiary/aromatic N) is 2. The van der Waals surface area contributed by atoms with E-state index < -0.39 is 12.4 Å². The zero-order chi connectivity index (χ0) is 13.3.